The largest absolute Gasteiger partial charge is 0.0949 e. The minimum Gasteiger partial charge on any atom is -0.0949 e. The minimum absolute atomic E-state index is 0.708. The molecule has 0 amide bonds. The summed E-state index contributed by atoms with van der Waals surface area (Å²) in [5.74, 6) is 0.708. The van der Waals surface area contributed by atoms with E-state index in [0.29, 0.717) is 5.92 Å². The maximum atomic E-state index is 4.15. The van der Waals surface area contributed by atoms with Crippen molar-refractivity contribution in [3.63, 3.8) is 0 Å². The van der Waals surface area contributed by atoms with Gasteiger partial charge >= 0.3 is 0 Å². The van der Waals surface area contributed by atoms with Crippen molar-refractivity contribution in [3.8, 4) is 0 Å². The van der Waals surface area contributed by atoms with Crippen LogP contribution in [0.4, 0.5) is 0 Å². The van der Waals surface area contributed by atoms with Crippen molar-refractivity contribution in [3.05, 3.63) is 37.7 Å². The number of hydrogen-bond donors (Lipinski definition) is 0. The molecule has 0 aliphatic heterocycles. The summed E-state index contributed by atoms with van der Waals surface area (Å²) >= 11 is 10.6. The van der Waals surface area contributed by atoms with Crippen molar-refractivity contribution < 1.29 is 0 Å². The molecule has 3 heteroatoms. The van der Waals surface area contributed by atoms with Crippen LogP contribution in [0.25, 0.3) is 5.57 Å². The van der Waals surface area contributed by atoms with Crippen molar-refractivity contribution in [1.29, 1.82) is 0 Å². The molecule has 2 rings (SSSR count). The third-order valence-electron chi connectivity index (χ3n) is 2.45. The van der Waals surface area contributed by atoms with Gasteiger partial charge in [-0.15, -0.1) is 0 Å². The molecule has 0 N–H and O–H groups in total. The summed E-state index contributed by atoms with van der Waals surface area (Å²) in [6.07, 6.45) is 2.58. The Morgan fingerprint density at radius 2 is 1.79 bits per heavy atom. The van der Waals surface area contributed by atoms with Crippen molar-refractivity contribution in [2.45, 2.75) is 12.8 Å². The van der Waals surface area contributed by atoms with Crippen LogP contribution in [0.3, 0.4) is 0 Å². The van der Waals surface area contributed by atoms with Crippen LogP contribution in [-0.2, 0) is 0 Å². The second kappa shape index (κ2) is 4.11. The molecule has 1 aromatic carbocycles. The topological polar surface area (TPSA) is 0 Å². The predicted octanol–water partition coefficient (Wildman–Crippen LogP) is 5.40. The summed E-state index contributed by atoms with van der Waals surface area (Å²) in [7, 11) is 0. The highest BCUT2D eigenvalue weighted by atomic mass is 79.9. The quantitative estimate of drug-likeness (QED) is 0.603. The molecular weight excluding hydrogens is 372 g/mol. The molecule has 0 unspecified atom stereocenters. The Bertz CT molecular complexity index is 392. The molecule has 0 nitrogen and oxygen atoms in total. The summed E-state index contributed by atoms with van der Waals surface area (Å²) in [5, 5.41) is 0. The van der Waals surface area contributed by atoms with Crippen LogP contribution in [0.5, 0.6) is 0 Å². The van der Waals surface area contributed by atoms with Crippen molar-refractivity contribution >= 4 is 53.4 Å². The monoisotopic (exact) mass is 378 g/mol. The van der Waals surface area contributed by atoms with Gasteiger partial charge in [-0.25, -0.2) is 0 Å². The number of rotatable bonds is 2. The van der Waals surface area contributed by atoms with Gasteiger partial charge in [0.1, 0.15) is 0 Å². The number of benzene rings is 1. The van der Waals surface area contributed by atoms with E-state index in [9.17, 15) is 0 Å². The Morgan fingerprint density at radius 1 is 1.14 bits per heavy atom. The molecule has 0 heterocycles. The molecule has 0 atom stereocenters. The third-order valence-corrected chi connectivity index (χ3v) is 5.82. The zero-order valence-corrected chi connectivity index (χ0v) is 12.2. The summed E-state index contributed by atoms with van der Waals surface area (Å²) in [4.78, 5) is 0. The maximum Gasteiger partial charge on any atom is 0.0465 e. The summed E-state index contributed by atoms with van der Waals surface area (Å²) in [5.41, 5.74) is 2.48. The maximum absolute atomic E-state index is 4.15. The average Bonchev–Trinajstić information content (AvgIpc) is 2.97. The molecule has 0 bridgehead atoms. The van der Waals surface area contributed by atoms with E-state index in [0.717, 1.165) is 13.4 Å². The number of hydrogen-bond acceptors (Lipinski definition) is 0. The molecule has 1 aliphatic rings. The van der Waals surface area contributed by atoms with Crippen LogP contribution in [0.2, 0.25) is 0 Å². The van der Waals surface area contributed by atoms with Gasteiger partial charge in [-0.2, -0.15) is 0 Å². The van der Waals surface area contributed by atoms with Gasteiger partial charge in [0.2, 0.25) is 0 Å². The molecule has 0 saturated heterocycles. The van der Waals surface area contributed by atoms with E-state index in [1.165, 1.54) is 24.0 Å². The molecule has 14 heavy (non-hydrogen) atoms. The van der Waals surface area contributed by atoms with Crippen LogP contribution in [0, 0.1) is 5.92 Å². The van der Waals surface area contributed by atoms with Gasteiger partial charge in [-0.05, 0) is 83.8 Å². The van der Waals surface area contributed by atoms with E-state index in [1.807, 2.05) is 0 Å². The van der Waals surface area contributed by atoms with Crippen molar-refractivity contribution in [1.82, 2.24) is 0 Å². The van der Waals surface area contributed by atoms with Crippen LogP contribution < -0.4 is 0 Å². The van der Waals surface area contributed by atoms with Gasteiger partial charge in [0.05, 0.1) is 0 Å². The first-order valence-corrected chi connectivity index (χ1v) is 6.82. The van der Waals surface area contributed by atoms with Gasteiger partial charge in [0.15, 0.2) is 0 Å². The Balaban J connectivity index is 2.43. The zero-order chi connectivity index (χ0) is 10.3. The Morgan fingerprint density at radius 3 is 2.36 bits per heavy atom. The molecule has 0 radical (unpaired) electrons. The highest BCUT2D eigenvalue weighted by Crippen LogP contribution is 2.45. The first-order chi connectivity index (χ1) is 6.61. The highest BCUT2D eigenvalue weighted by Gasteiger charge is 2.26. The third kappa shape index (κ3) is 2.00. The lowest BCUT2D eigenvalue weighted by Crippen LogP contribution is -1.88. The fourth-order valence-electron chi connectivity index (χ4n) is 1.43. The second-order valence-electron chi connectivity index (χ2n) is 3.52. The lowest BCUT2D eigenvalue weighted by atomic mass is 10.0. The normalized spacial score (nSPS) is 15.6. The fourth-order valence-corrected chi connectivity index (χ4v) is 2.97. The lowest BCUT2D eigenvalue weighted by molar-refractivity contribution is 1.15. The fraction of sp³-hybridized carbons (Fsp3) is 0.273. The molecule has 0 spiro atoms. The Kier molecular flexibility index (Phi) is 3.20. The van der Waals surface area contributed by atoms with E-state index < -0.39 is 0 Å². The number of allylic oxidation sites excluding steroid dienone is 1. The Labute approximate surface area is 109 Å². The first-order valence-electron chi connectivity index (χ1n) is 4.44. The molecular formula is C11H9Br3. The summed E-state index contributed by atoms with van der Waals surface area (Å²) in [6, 6.07) is 4.16. The molecule has 74 valence electrons. The molecule has 0 aromatic heterocycles. The molecule has 1 saturated carbocycles. The zero-order valence-electron chi connectivity index (χ0n) is 7.49. The SMILES string of the molecule is C=C(c1ccc(Br)c(Br)c1Br)C1CC1. The second-order valence-corrected chi connectivity index (χ2v) is 5.96. The molecule has 1 fully saturated rings. The van der Waals surface area contributed by atoms with E-state index in [4.69, 9.17) is 0 Å². The van der Waals surface area contributed by atoms with Crippen LogP contribution in [0.1, 0.15) is 18.4 Å². The Hall–Kier alpha value is 0.400. The molecule has 1 aliphatic carbocycles. The van der Waals surface area contributed by atoms with Gasteiger partial charge in [-0.1, -0.05) is 12.6 Å². The van der Waals surface area contributed by atoms with Crippen molar-refractivity contribution in [2.75, 3.05) is 0 Å². The van der Waals surface area contributed by atoms with Gasteiger partial charge in [0, 0.05) is 13.4 Å². The van der Waals surface area contributed by atoms with Gasteiger partial charge < -0.3 is 0 Å². The standard InChI is InChI=1S/C11H9Br3/c1-6(7-2-3-7)8-4-5-9(12)11(14)10(8)13/h4-5,7H,1-3H2. The summed E-state index contributed by atoms with van der Waals surface area (Å²) < 4.78 is 3.23. The van der Waals surface area contributed by atoms with Crippen LogP contribution >= 0.6 is 47.8 Å². The van der Waals surface area contributed by atoms with E-state index in [-0.39, 0.29) is 0 Å². The van der Waals surface area contributed by atoms with Crippen LogP contribution in [-0.4, -0.2) is 0 Å². The van der Waals surface area contributed by atoms with Gasteiger partial charge in [0.25, 0.3) is 0 Å². The summed E-state index contributed by atoms with van der Waals surface area (Å²) in [6.45, 7) is 4.15. The van der Waals surface area contributed by atoms with Crippen molar-refractivity contribution in [2.24, 2.45) is 5.92 Å². The average molecular weight is 381 g/mol. The van der Waals surface area contributed by atoms with E-state index >= 15 is 0 Å². The van der Waals surface area contributed by atoms with E-state index in [1.54, 1.807) is 0 Å². The lowest BCUT2D eigenvalue weighted by Gasteiger charge is -2.09. The highest BCUT2D eigenvalue weighted by molar-refractivity contribution is 9.14. The number of halogens is 3. The molecule has 1 aromatic rings. The smallest absolute Gasteiger partial charge is 0.0465 e. The van der Waals surface area contributed by atoms with Crippen LogP contribution in [0.15, 0.2) is 32.1 Å². The van der Waals surface area contributed by atoms with Gasteiger partial charge in [-0.3, -0.25) is 0 Å². The predicted molar refractivity (Wildman–Crippen MR) is 71.3 cm³/mol. The first kappa shape index (κ1) is 10.9. The van der Waals surface area contributed by atoms with E-state index in [2.05, 4.69) is 66.5 Å². The minimum atomic E-state index is 0.708.